The van der Waals surface area contributed by atoms with E-state index < -0.39 is 343 Å². The van der Waals surface area contributed by atoms with Gasteiger partial charge in [0.2, 0.25) is 0 Å². The predicted molar refractivity (Wildman–Crippen MR) is 351 cm³/mol. The maximum Gasteiger partial charge on any atom is 1.00 e. The molecule has 0 aromatic rings. The molecule has 7 heterocycles. The van der Waals surface area contributed by atoms with Crippen LogP contribution in [0.4, 0.5) is 0 Å². The molecule has 0 amide bonds. The Kier molecular flexibility index (Phi) is 95.9. The number of ether oxygens (including phenoxy) is 14. The molecule has 7 aliphatic rings. The molecule has 0 aromatic heterocycles. The Morgan fingerprint density at radius 3 is 0.467 bits per heavy atom. The number of aliphatic hydroxyl groups is 24. The Morgan fingerprint density at radius 1 is 0.212 bits per heavy atom. The molecule has 0 spiro atoms. The van der Waals surface area contributed by atoms with Gasteiger partial charge >= 0.3 is 325 Å². The van der Waals surface area contributed by atoms with E-state index >= 15 is 0 Å². The zero-order valence-electron chi connectivity index (χ0n) is 77.4. The van der Waals surface area contributed by atoms with Crippen LogP contribution < -0.4 is 381 Å². The van der Waals surface area contributed by atoms with E-state index in [0.717, 1.165) is 0 Å². The van der Waals surface area contributed by atoms with Gasteiger partial charge in [0.05, 0.1) is 104 Å². The number of hydrogen-bond acceptors (Lipinski definition) is 60. The summed E-state index contributed by atoms with van der Waals surface area (Å²) in [7, 11) is 0. The van der Waals surface area contributed by atoms with Crippen LogP contribution in [0, 0.1) is 0 Å². The van der Waals surface area contributed by atoms with Crippen LogP contribution in [-0.4, -0.2) is 466 Å². The molecule has 24 N–H and O–H groups in total. The molecule has 0 aromatic carbocycles. The zero-order chi connectivity index (χ0) is 97.7. The van der Waals surface area contributed by atoms with Gasteiger partial charge < -0.3 is 298 Å². The summed E-state index contributed by atoms with van der Waals surface area (Å²) in [4.78, 5) is 116. The smallest absolute Gasteiger partial charge is 0.550 e. The molecule has 7 rings (SSSR count). The van der Waals surface area contributed by atoms with E-state index in [1.54, 1.807) is 13.8 Å². The number of aliphatic hydroxyl groups excluding tert-OH is 24. The van der Waals surface area contributed by atoms with Crippen LogP contribution in [-0.2, 0) is 119 Å². The first kappa shape index (κ1) is 163. The minimum atomic E-state index is -2.02. The van der Waals surface area contributed by atoms with E-state index in [1.165, 1.54) is 34.6 Å². The molecule has 60 nitrogen and oxygen atoms in total. The van der Waals surface area contributed by atoms with Crippen molar-refractivity contribution in [3.05, 3.63) is 0 Å². The van der Waals surface area contributed by atoms with Crippen molar-refractivity contribution in [2.75, 3.05) is 19.8 Å². The molecular weight excluding hydrogens is 2010 g/mol. The van der Waals surface area contributed by atoms with E-state index in [1.807, 2.05) is 0 Å². The third-order valence-corrected chi connectivity index (χ3v) is 17.5. The molecular formula is C66H99Na11O60. The van der Waals surface area contributed by atoms with Gasteiger partial charge in [-0.05, 0) is 48.5 Å². The Balaban J connectivity index is -0.000000148. The summed E-state index contributed by atoms with van der Waals surface area (Å²) in [5.74, 6) is -18.4. The summed E-state index contributed by atoms with van der Waals surface area (Å²) in [5.41, 5.74) is 0. The summed E-state index contributed by atoms with van der Waals surface area (Å²) in [6, 6.07) is 0. The third kappa shape index (κ3) is 53.9. The van der Waals surface area contributed by atoms with Crippen LogP contribution in [0.5, 0.6) is 0 Å². The first-order valence-electron chi connectivity index (χ1n) is 36.7. The van der Waals surface area contributed by atoms with Crippen molar-refractivity contribution >= 4 is 65.7 Å². The summed E-state index contributed by atoms with van der Waals surface area (Å²) >= 11 is 0. The van der Waals surface area contributed by atoms with E-state index in [4.69, 9.17) is 72.2 Å². The van der Waals surface area contributed by atoms with Crippen LogP contribution in [0.15, 0.2) is 0 Å². The molecule has 7 fully saturated rings. The topological polar surface area (TPSA) is 1060 Å². The number of hydrogen-bond donors (Lipinski definition) is 24. The second-order valence-corrected chi connectivity index (χ2v) is 28.1. The van der Waals surface area contributed by atoms with E-state index in [0.29, 0.717) is 0 Å². The van der Waals surface area contributed by atoms with Crippen molar-refractivity contribution in [1.82, 2.24) is 0 Å². The van der Waals surface area contributed by atoms with Gasteiger partial charge in [-0.2, -0.15) is 0 Å². The molecule has 734 valence electrons. The molecule has 0 aliphatic carbocycles. The van der Waals surface area contributed by atoms with Crippen molar-refractivity contribution in [1.29, 1.82) is 0 Å². The molecule has 41 atom stereocenters. The van der Waals surface area contributed by atoms with Gasteiger partial charge in [-0.3, -0.25) is 0 Å². The fourth-order valence-corrected chi connectivity index (χ4v) is 10.8. The van der Waals surface area contributed by atoms with Gasteiger partial charge in [-0.25, -0.2) is 0 Å². The molecule has 0 saturated carbocycles. The van der Waals surface area contributed by atoms with Crippen LogP contribution in [0.3, 0.4) is 0 Å². The van der Waals surface area contributed by atoms with Crippen molar-refractivity contribution < 1.29 is 623 Å². The zero-order valence-corrected chi connectivity index (χ0v) is 99.4. The van der Waals surface area contributed by atoms with Crippen molar-refractivity contribution in [3.63, 3.8) is 0 Å². The quantitative estimate of drug-likeness (QED) is 0.0287. The molecule has 7 saturated heterocycles. The molecule has 137 heavy (non-hydrogen) atoms. The maximum absolute atomic E-state index is 10.7. The summed E-state index contributed by atoms with van der Waals surface area (Å²) in [6.07, 6.45) is -69.3. The van der Waals surface area contributed by atoms with Crippen LogP contribution >= 0.6 is 0 Å². The minimum absolute atomic E-state index is 0. The van der Waals surface area contributed by atoms with Crippen LogP contribution in [0.2, 0.25) is 0 Å². The number of carboxylic acid groups (broad SMARTS) is 11. The SMILES string of the molecule is CC(C)O[C@H]1OC(C(=O)[O-])[C@H](O)[C@H](O)C1O.CC(CC(=O)[O-])O[C@H]1OC(C(=O)[O-])[C@@H](O)[C@H](O)C1O.CC(CC(=O)[O-])O[C@H]1OC(C(=O)[O-])[C@@H](O)[C@H](O)C1O.CC(CC(=O)[O-])O[C@H]1OC(C(=O)[O-])[C@H](O)[C@H](O)C1O.CC(CO)O[C@@H]1OC(C(=O)[O-])[C@@H](O)[C@H](O)C1O.CC(CO)O[C@H]1OC(C(=O)[O-])[C@H](O)[C@H](O)C1O.O=C([O-])C(CO)O[C@H]1OC(C(=O)[O-])[C@@H](O)[C@H](O)C1O.[Na+].[Na+].[Na+].[Na+].[Na+].[Na+].[Na+].[Na+].[Na+].[Na+].[Na+]. The van der Waals surface area contributed by atoms with Crippen LogP contribution in [0.25, 0.3) is 0 Å². The van der Waals surface area contributed by atoms with Crippen molar-refractivity contribution in [2.45, 2.75) is 325 Å². The number of carboxylic acids is 11. The number of aliphatic carboxylic acids is 11. The second-order valence-electron chi connectivity index (χ2n) is 28.1. The molecule has 20 unspecified atom stereocenters. The van der Waals surface area contributed by atoms with Gasteiger partial charge in [-0.1, -0.05) is 0 Å². The van der Waals surface area contributed by atoms with Gasteiger partial charge in [-0.15, -0.1) is 0 Å². The predicted octanol–water partition coefficient (Wildman–Crippen LogP) is -65.2. The Hall–Kier alpha value is 3.65. The fourth-order valence-electron chi connectivity index (χ4n) is 10.8. The minimum Gasteiger partial charge on any atom is -0.550 e. The Labute approximate surface area is 1020 Å². The normalized spacial score (nSPS) is 35.0. The monoisotopic (exact) mass is 2100 g/mol. The molecule has 7 aliphatic heterocycles. The van der Waals surface area contributed by atoms with Gasteiger partial charge in [0.15, 0.2) is 44.0 Å². The summed E-state index contributed by atoms with van der Waals surface area (Å²) in [6.45, 7) is 8.45. The molecule has 0 radical (unpaired) electrons. The Bertz CT molecular complexity index is 3200. The fraction of sp³-hybridized carbons (Fsp3) is 0.833. The van der Waals surface area contributed by atoms with Crippen LogP contribution in [0.1, 0.15) is 67.7 Å². The number of rotatable bonds is 31. The molecule has 71 heteroatoms. The van der Waals surface area contributed by atoms with Gasteiger partial charge in [0, 0.05) is 37.2 Å². The average Bonchev–Trinajstić information content (AvgIpc) is 0.852. The van der Waals surface area contributed by atoms with Gasteiger partial charge in [0.1, 0.15) is 177 Å². The number of carbonyl (C=O) groups is 11. The average molecular weight is 2110 g/mol. The van der Waals surface area contributed by atoms with E-state index in [2.05, 4.69) is 9.47 Å². The number of carbonyl (C=O) groups excluding carboxylic acids is 11. The van der Waals surface area contributed by atoms with E-state index in [9.17, 15) is 216 Å². The van der Waals surface area contributed by atoms with Gasteiger partial charge in [0.25, 0.3) is 0 Å². The maximum atomic E-state index is 10.7. The standard InChI is InChI=1S/3C10H16O9.C9H14O10.2C9H16O8.C9H16O7.11Na/c3*1-3(2-4(11)12)18-10-7(15)5(13)6(14)8(19-10)9(16)17;10-1-2(7(14)15)18-9-5(13)3(11)4(12)6(19-9)8(16)17;2*1-3(2-10)16-9-6(13)4(11)5(12)7(17-9)8(14)15;1-3(2)15-9-6(12)4(10)5(11)7(16-9)8(13)14;;;;;;;;;;;/h3*3,5-8,10,13-15H,2H2,1H3,(H,11,12)(H,16,17);2-6,9-13H,1H2,(H,14,15)(H,16,17);2*3-7,9-13H,2H2,1H3,(H,14,15);3-7,9-12H,1-2H3,(H,13,14);;;;;;;;;;;/q;;;;;;;11*+1/p-11/t3?,5-,6+,7?,8?,10-;2*3?,5-,6-,7?,8?,10-;2?,3-,4-,5?,6?,9-;3?,4-,5+,6?,7?,9-;3?,4-,5-,6?,7?,9+;4-,5+,6?,7?,9-;;;;;;;;;;;/m0000000.........../s1. The first-order valence-corrected chi connectivity index (χ1v) is 36.7. The largest absolute Gasteiger partial charge is 1.00 e. The first-order chi connectivity index (χ1) is 58.1. The summed E-state index contributed by atoms with van der Waals surface area (Å²) in [5, 5.41) is 340. The summed E-state index contributed by atoms with van der Waals surface area (Å²) < 4.78 is 67.6. The Morgan fingerprint density at radius 2 is 0.350 bits per heavy atom. The molecule has 0 bridgehead atoms. The van der Waals surface area contributed by atoms with Crippen molar-refractivity contribution in [3.8, 4) is 0 Å². The van der Waals surface area contributed by atoms with E-state index in [-0.39, 0.29) is 344 Å². The van der Waals surface area contributed by atoms with Crippen molar-refractivity contribution in [2.24, 2.45) is 0 Å². The third-order valence-electron chi connectivity index (χ3n) is 17.5. The second kappa shape index (κ2) is 80.5.